The topological polar surface area (TPSA) is 44.4 Å². The number of benzene rings is 1. The lowest BCUT2D eigenvalue weighted by atomic mass is 10.1. The van der Waals surface area contributed by atoms with E-state index < -0.39 is 14.2 Å². The van der Waals surface area contributed by atoms with Crippen molar-refractivity contribution in [2.45, 2.75) is 58.2 Å². The molecule has 0 N–H and O–H groups in total. The van der Waals surface area contributed by atoms with E-state index in [1.165, 1.54) is 12.6 Å². The van der Waals surface area contributed by atoms with E-state index in [2.05, 4.69) is 76.2 Å². The van der Waals surface area contributed by atoms with Crippen molar-refractivity contribution in [1.29, 1.82) is 0 Å². The van der Waals surface area contributed by atoms with Gasteiger partial charge in [0.1, 0.15) is 5.76 Å². The highest BCUT2D eigenvalue weighted by atomic mass is 28.3. The van der Waals surface area contributed by atoms with Crippen LogP contribution >= 0.6 is 0 Å². The zero-order valence-electron chi connectivity index (χ0n) is 17.9. The maximum absolute atomic E-state index is 11.8. The monoisotopic (exact) mass is 397 g/mol. The molecule has 0 radical (unpaired) electrons. The zero-order chi connectivity index (χ0) is 20.6. The van der Waals surface area contributed by atoms with E-state index in [1.807, 2.05) is 6.07 Å². The number of para-hydroxylation sites is 1. The third-order valence-corrected chi connectivity index (χ3v) is 12.9. The molecule has 1 aromatic carbocycles. The molecule has 5 heteroatoms. The molecule has 0 aliphatic rings. The molecule has 0 aliphatic carbocycles. The van der Waals surface area contributed by atoms with Crippen LogP contribution in [0.1, 0.15) is 52.1 Å². The smallest absolute Gasteiger partial charge is 0.373 e. The van der Waals surface area contributed by atoms with Crippen LogP contribution in [-0.2, 0) is 4.74 Å². The van der Waals surface area contributed by atoms with Crippen LogP contribution in [0.5, 0.6) is 0 Å². The molecule has 0 unspecified atom stereocenters. The molecule has 0 saturated heterocycles. The molecule has 3 rings (SSSR count). The third-order valence-electron chi connectivity index (χ3n) is 6.16. The quantitative estimate of drug-likeness (QED) is 0.343. The van der Waals surface area contributed by atoms with Crippen LogP contribution in [-0.4, -0.2) is 25.5 Å². The Morgan fingerprint density at radius 3 is 2.14 bits per heavy atom. The standard InChI is InChI=1S/C23H31NO3Si/c1-15(2)28(16(3)4,17(5)6)24-14-19(18-10-8-9-11-20(18)24)21-12-13-22(27-21)23(25)26-7/h8-17H,1-7H3. The van der Waals surface area contributed by atoms with Crippen molar-refractivity contribution in [3.8, 4) is 11.3 Å². The summed E-state index contributed by atoms with van der Waals surface area (Å²) in [6.07, 6.45) is 2.26. The molecule has 3 aromatic rings. The molecule has 150 valence electrons. The Balaban J connectivity index is 2.29. The Morgan fingerprint density at radius 1 is 0.964 bits per heavy atom. The first-order chi connectivity index (χ1) is 13.2. The molecule has 0 atom stereocenters. The van der Waals surface area contributed by atoms with Gasteiger partial charge in [0, 0.05) is 22.7 Å². The van der Waals surface area contributed by atoms with Crippen molar-refractivity contribution in [2.75, 3.05) is 7.11 Å². The van der Waals surface area contributed by atoms with Crippen molar-refractivity contribution in [3.63, 3.8) is 0 Å². The van der Waals surface area contributed by atoms with Gasteiger partial charge in [0.15, 0.2) is 8.24 Å². The minimum Gasteiger partial charge on any atom is -0.463 e. The van der Waals surface area contributed by atoms with Gasteiger partial charge in [0.2, 0.25) is 5.76 Å². The van der Waals surface area contributed by atoms with Crippen LogP contribution in [0.3, 0.4) is 0 Å². The van der Waals surface area contributed by atoms with Crippen LogP contribution in [0, 0.1) is 0 Å². The number of methoxy groups -OCH3 is 1. The molecule has 0 amide bonds. The lowest BCUT2D eigenvalue weighted by Gasteiger charge is -2.44. The Morgan fingerprint density at radius 2 is 1.57 bits per heavy atom. The van der Waals surface area contributed by atoms with Gasteiger partial charge in [0.25, 0.3) is 0 Å². The van der Waals surface area contributed by atoms with Gasteiger partial charge in [0.05, 0.1) is 7.11 Å². The maximum Gasteiger partial charge on any atom is 0.373 e. The van der Waals surface area contributed by atoms with E-state index in [0.29, 0.717) is 22.4 Å². The van der Waals surface area contributed by atoms with Crippen LogP contribution in [0.4, 0.5) is 0 Å². The summed E-state index contributed by atoms with van der Waals surface area (Å²) in [4.78, 5) is 11.8. The molecular weight excluding hydrogens is 366 g/mol. The number of esters is 1. The van der Waals surface area contributed by atoms with Gasteiger partial charge in [-0.25, -0.2) is 4.79 Å². The fraction of sp³-hybridized carbons (Fsp3) is 0.435. The highest BCUT2D eigenvalue weighted by Gasteiger charge is 2.46. The van der Waals surface area contributed by atoms with Crippen LogP contribution in [0.15, 0.2) is 47.0 Å². The summed E-state index contributed by atoms with van der Waals surface area (Å²) in [5.74, 6) is 0.481. The zero-order valence-corrected chi connectivity index (χ0v) is 18.9. The summed E-state index contributed by atoms with van der Waals surface area (Å²) >= 11 is 0. The van der Waals surface area contributed by atoms with Gasteiger partial charge >= 0.3 is 5.97 Å². The molecule has 4 nitrogen and oxygen atoms in total. The number of ether oxygens (including phenoxy) is 1. The van der Waals surface area contributed by atoms with Gasteiger partial charge < -0.3 is 13.4 Å². The van der Waals surface area contributed by atoms with Crippen LogP contribution < -0.4 is 0 Å². The second-order valence-electron chi connectivity index (χ2n) is 8.44. The van der Waals surface area contributed by atoms with Gasteiger partial charge in [-0.2, -0.15) is 0 Å². The number of furan rings is 1. The molecule has 0 spiro atoms. The van der Waals surface area contributed by atoms with Crippen molar-refractivity contribution in [2.24, 2.45) is 0 Å². The minimum absolute atomic E-state index is 0.231. The number of fused-ring (bicyclic) bond motifs is 1. The third kappa shape index (κ3) is 3.02. The first-order valence-electron chi connectivity index (χ1n) is 10.0. The second-order valence-corrected chi connectivity index (χ2v) is 14.2. The molecule has 0 saturated carbocycles. The summed E-state index contributed by atoms with van der Waals surface area (Å²) in [5, 5.41) is 1.16. The Labute approximate surface area is 168 Å². The molecular formula is C23H31NO3Si. The lowest BCUT2D eigenvalue weighted by molar-refractivity contribution is 0.0566. The van der Waals surface area contributed by atoms with Crippen LogP contribution in [0.2, 0.25) is 16.6 Å². The summed E-state index contributed by atoms with van der Waals surface area (Å²) in [6, 6.07) is 12.1. The highest BCUT2D eigenvalue weighted by molar-refractivity contribution is 6.82. The number of aromatic nitrogens is 1. The second kappa shape index (κ2) is 7.63. The van der Waals surface area contributed by atoms with Crippen molar-refractivity contribution in [3.05, 3.63) is 48.4 Å². The summed E-state index contributed by atoms with van der Waals surface area (Å²) in [6.45, 7) is 14.2. The Hall–Kier alpha value is -2.27. The predicted molar refractivity (Wildman–Crippen MR) is 117 cm³/mol. The van der Waals surface area contributed by atoms with E-state index in [9.17, 15) is 4.79 Å². The minimum atomic E-state index is -1.92. The first-order valence-corrected chi connectivity index (χ1v) is 12.2. The summed E-state index contributed by atoms with van der Waals surface area (Å²) in [7, 11) is -0.553. The largest absolute Gasteiger partial charge is 0.463 e. The summed E-state index contributed by atoms with van der Waals surface area (Å²) < 4.78 is 13.2. The molecule has 0 aliphatic heterocycles. The fourth-order valence-corrected chi connectivity index (χ4v) is 11.9. The Bertz CT molecular complexity index is 959. The van der Waals surface area contributed by atoms with Crippen molar-refractivity contribution in [1.82, 2.24) is 4.23 Å². The van der Waals surface area contributed by atoms with Crippen molar-refractivity contribution >= 4 is 25.1 Å². The number of carbonyl (C=O) groups excluding carboxylic acids is 1. The molecule has 0 fully saturated rings. The maximum atomic E-state index is 11.8. The van der Waals surface area contributed by atoms with Gasteiger partial charge in [-0.15, -0.1) is 0 Å². The number of hydrogen-bond acceptors (Lipinski definition) is 3. The first kappa shape index (κ1) is 20.5. The number of hydrogen-bond donors (Lipinski definition) is 0. The number of rotatable bonds is 6. The Kier molecular flexibility index (Phi) is 5.57. The normalized spacial score (nSPS) is 12.5. The van der Waals surface area contributed by atoms with E-state index >= 15 is 0 Å². The van der Waals surface area contributed by atoms with Crippen molar-refractivity contribution < 1.29 is 13.9 Å². The highest BCUT2D eigenvalue weighted by Crippen LogP contribution is 2.46. The average Bonchev–Trinajstić information content (AvgIpc) is 3.26. The number of carbonyl (C=O) groups is 1. The van der Waals surface area contributed by atoms with Crippen LogP contribution in [0.25, 0.3) is 22.2 Å². The SMILES string of the molecule is COC(=O)c1ccc(-c2cn([Si](C(C)C)(C(C)C)C(C)C)c3ccccc23)o1. The van der Waals surface area contributed by atoms with E-state index in [0.717, 1.165) is 10.9 Å². The van der Waals surface area contributed by atoms with Gasteiger partial charge in [-0.05, 0) is 34.8 Å². The average molecular weight is 398 g/mol. The van der Waals surface area contributed by atoms with E-state index in [4.69, 9.17) is 9.15 Å². The predicted octanol–water partition coefficient (Wildman–Crippen LogP) is 6.71. The number of nitrogens with zero attached hydrogens (tertiary/aromatic N) is 1. The molecule has 0 bridgehead atoms. The van der Waals surface area contributed by atoms with Gasteiger partial charge in [-0.1, -0.05) is 59.7 Å². The molecule has 2 heterocycles. The summed E-state index contributed by atoms with van der Waals surface area (Å²) in [5.41, 5.74) is 4.02. The lowest BCUT2D eigenvalue weighted by Crippen LogP contribution is -2.51. The molecule has 2 aromatic heterocycles. The van der Waals surface area contributed by atoms with E-state index in [1.54, 1.807) is 6.07 Å². The van der Waals surface area contributed by atoms with Gasteiger partial charge in [-0.3, -0.25) is 0 Å². The molecule has 28 heavy (non-hydrogen) atoms. The fourth-order valence-electron chi connectivity index (χ4n) is 5.22. The van der Waals surface area contributed by atoms with E-state index in [-0.39, 0.29) is 5.76 Å².